The number of nitrogens with zero attached hydrogens (tertiary/aromatic N) is 2. The zero-order valence-electron chi connectivity index (χ0n) is 20.2. The van der Waals surface area contributed by atoms with E-state index in [-0.39, 0.29) is 11.4 Å². The molecular formula is C29H32ClN3O. The van der Waals surface area contributed by atoms with E-state index in [4.69, 9.17) is 11.6 Å². The first-order chi connectivity index (χ1) is 16.3. The van der Waals surface area contributed by atoms with Gasteiger partial charge in [0.2, 0.25) is 0 Å². The van der Waals surface area contributed by atoms with E-state index in [1.807, 2.05) is 17.0 Å². The van der Waals surface area contributed by atoms with Gasteiger partial charge in [-0.15, -0.1) is 0 Å². The smallest absolute Gasteiger partial charge is 0.308 e. The lowest BCUT2D eigenvalue weighted by Gasteiger charge is -2.40. The number of hydrogen-bond donors (Lipinski definition) is 1. The van der Waals surface area contributed by atoms with Crippen LogP contribution in [0.4, 0.5) is 16.2 Å². The van der Waals surface area contributed by atoms with E-state index in [1.165, 1.54) is 27.8 Å². The van der Waals surface area contributed by atoms with Crippen LogP contribution in [0.2, 0.25) is 5.02 Å². The van der Waals surface area contributed by atoms with Gasteiger partial charge in [0, 0.05) is 34.9 Å². The van der Waals surface area contributed by atoms with Gasteiger partial charge >= 0.3 is 6.03 Å². The molecule has 0 bridgehead atoms. The Labute approximate surface area is 207 Å². The number of hydrogen-bond acceptors (Lipinski definition) is 2. The summed E-state index contributed by atoms with van der Waals surface area (Å²) < 4.78 is 0. The molecule has 0 aliphatic carbocycles. The normalized spacial score (nSPS) is 17.1. The topological polar surface area (TPSA) is 35.6 Å². The monoisotopic (exact) mass is 473 g/mol. The molecule has 34 heavy (non-hydrogen) atoms. The second-order valence-corrected chi connectivity index (χ2v) is 10.5. The predicted octanol–water partition coefficient (Wildman–Crippen LogP) is 6.85. The van der Waals surface area contributed by atoms with Crippen molar-refractivity contribution in [2.24, 2.45) is 0 Å². The third-order valence-corrected chi connectivity index (χ3v) is 7.57. The fourth-order valence-electron chi connectivity index (χ4n) is 5.67. The number of nitrogens with one attached hydrogen (secondary N) is 1. The summed E-state index contributed by atoms with van der Waals surface area (Å²) in [5, 5.41) is 3.72. The fourth-order valence-corrected chi connectivity index (χ4v) is 5.80. The van der Waals surface area contributed by atoms with Gasteiger partial charge in [0.1, 0.15) is 0 Å². The molecule has 0 atom stereocenters. The first-order valence-electron chi connectivity index (χ1n) is 12.1. The number of rotatable bonds is 3. The molecule has 0 saturated carbocycles. The predicted molar refractivity (Wildman–Crippen MR) is 141 cm³/mol. The maximum atomic E-state index is 13.3. The molecule has 2 aliphatic heterocycles. The number of benzene rings is 3. The van der Waals surface area contributed by atoms with Gasteiger partial charge < -0.3 is 5.32 Å². The molecule has 1 spiro atoms. The van der Waals surface area contributed by atoms with E-state index >= 15 is 0 Å². The van der Waals surface area contributed by atoms with Crippen molar-refractivity contribution in [2.75, 3.05) is 29.9 Å². The molecule has 5 rings (SSSR count). The van der Waals surface area contributed by atoms with Crippen LogP contribution in [0, 0.1) is 20.8 Å². The summed E-state index contributed by atoms with van der Waals surface area (Å²) in [7, 11) is 0. The Kier molecular flexibility index (Phi) is 6.13. The third-order valence-electron chi connectivity index (χ3n) is 7.32. The van der Waals surface area contributed by atoms with Gasteiger partial charge in [-0.3, -0.25) is 9.80 Å². The average molecular weight is 474 g/mol. The van der Waals surface area contributed by atoms with Crippen molar-refractivity contribution in [2.45, 2.75) is 45.6 Å². The molecule has 0 unspecified atom stereocenters. The minimum absolute atomic E-state index is 0.0116. The van der Waals surface area contributed by atoms with Crippen molar-refractivity contribution >= 4 is 29.0 Å². The number of fused-ring (bicyclic) bond motifs is 2. The first-order valence-corrected chi connectivity index (χ1v) is 12.4. The van der Waals surface area contributed by atoms with Crippen LogP contribution in [0.25, 0.3) is 0 Å². The second-order valence-electron chi connectivity index (χ2n) is 10.1. The lowest BCUT2D eigenvalue weighted by molar-refractivity contribution is 0.160. The summed E-state index contributed by atoms with van der Waals surface area (Å²) in [5.41, 5.74) is 8.42. The minimum atomic E-state index is -0.0815. The molecule has 5 heteroatoms. The zero-order valence-corrected chi connectivity index (χ0v) is 21.0. The van der Waals surface area contributed by atoms with Crippen LogP contribution in [0.1, 0.15) is 40.7 Å². The van der Waals surface area contributed by atoms with Crippen molar-refractivity contribution in [1.82, 2.24) is 4.90 Å². The SMILES string of the molecule is Cc1cc(C)cc(CN2CCC3(CC2)CN(C(=O)Nc2ccc(Cl)cc2)c2ccc(C)cc23)c1. The van der Waals surface area contributed by atoms with Gasteiger partial charge in [-0.2, -0.15) is 0 Å². The van der Waals surface area contributed by atoms with Crippen LogP contribution in [-0.2, 0) is 12.0 Å². The number of aryl methyl sites for hydroxylation is 3. The highest BCUT2D eigenvalue weighted by Crippen LogP contribution is 2.47. The number of amides is 2. The van der Waals surface area contributed by atoms with E-state index in [0.29, 0.717) is 5.02 Å². The van der Waals surface area contributed by atoms with Crippen LogP contribution in [-0.4, -0.2) is 30.6 Å². The van der Waals surface area contributed by atoms with E-state index in [2.05, 4.69) is 67.4 Å². The molecule has 3 aromatic rings. The van der Waals surface area contributed by atoms with E-state index in [0.717, 1.165) is 50.4 Å². The van der Waals surface area contributed by atoms with E-state index < -0.39 is 0 Å². The van der Waals surface area contributed by atoms with E-state index in [9.17, 15) is 4.79 Å². The van der Waals surface area contributed by atoms with Crippen molar-refractivity contribution < 1.29 is 4.79 Å². The Balaban J connectivity index is 1.34. The second kappa shape index (κ2) is 9.09. The Morgan fingerprint density at radius 3 is 2.26 bits per heavy atom. The number of carbonyl (C=O) groups is 1. The number of carbonyl (C=O) groups excluding carboxylic acids is 1. The molecular weight excluding hydrogens is 442 g/mol. The zero-order chi connectivity index (χ0) is 23.9. The average Bonchev–Trinajstić information content (AvgIpc) is 3.10. The molecule has 176 valence electrons. The quantitative estimate of drug-likeness (QED) is 0.451. The van der Waals surface area contributed by atoms with Gasteiger partial charge in [-0.05, 0) is 88.2 Å². The standard InChI is InChI=1S/C29H32ClN3O/c1-20-4-9-27-26(17-20)29(19-33(27)28(34)31-25-7-5-24(30)6-8-25)10-12-32(13-11-29)18-23-15-21(2)14-22(3)16-23/h4-9,14-17H,10-13,18-19H2,1-3H3,(H,31,34). The molecule has 2 aliphatic rings. The van der Waals surface area contributed by atoms with Gasteiger partial charge in [-0.25, -0.2) is 4.79 Å². The van der Waals surface area contributed by atoms with Crippen LogP contribution >= 0.6 is 11.6 Å². The fraction of sp³-hybridized carbons (Fsp3) is 0.345. The van der Waals surface area contributed by atoms with Gasteiger partial charge in [0.15, 0.2) is 0 Å². The maximum absolute atomic E-state index is 13.3. The molecule has 4 nitrogen and oxygen atoms in total. The molecule has 0 aromatic heterocycles. The molecule has 2 heterocycles. The molecule has 0 radical (unpaired) electrons. The first kappa shape index (κ1) is 22.9. The lowest BCUT2D eigenvalue weighted by atomic mass is 9.74. The van der Waals surface area contributed by atoms with Crippen molar-refractivity contribution in [1.29, 1.82) is 0 Å². The Hall–Kier alpha value is -2.82. The summed E-state index contributed by atoms with van der Waals surface area (Å²) in [4.78, 5) is 17.8. The summed E-state index contributed by atoms with van der Waals surface area (Å²) >= 11 is 6.01. The van der Waals surface area contributed by atoms with Gasteiger partial charge in [-0.1, -0.05) is 58.6 Å². The lowest BCUT2D eigenvalue weighted by Crippen LogP contribution is -2.46. The number of urea groups is 1. The van der Waals surface area contributed by atoms with Gasteiger partial charge in [0.05, 0.1) is 0 Å². The summed E-state index contributed by atoms with van der Waals surface area (Å²) in [6.45, 7) is 10.3. The van der Waals surface area contributed by atoms with Crippen molar-refractivity contribution in [3.63, 3.8) is 0 Å². The number of anilines is 2. The van der Waals surface area contributed by atoms with Crippen molar-refractivity contribution in [3.05, 3.63) is 93.5 Å². The van der Waals surface area contributed by atoms with Crippen LogP contribution < -0.4 is 10.2 Å². The van der Waals surface area contributed by atoms with E-state index in [1.54, 1.807) is 12.1 Å². The van der Waals surface area contributed by atoms with Gasteiger partial charge in [0.25, 0.3) is 0 Å². The summed E-state index contributed by atoms with van der Waals surface area (Å²) in [6.07, 6.45) is 2.11. The molecule has 1 saturated heterocycles. The highest BCUT2D eigenvalue weighted by Gasteiger charge is 2.46. The Morgan fingerprint density at radius 1 is 0.912 bits per heavy atom. The highest BCUT2D eigenvalue weighted by atomic mass is 35.5. The highest BCUT2D eigenvalue weighted by molar-refractivity contribution is 6.30. The van der Waals surface area contributed by atoms with Crippen LogP contribution in [0.3, 0.4) is 0 Å². The van der Waals surface area contributed by atoms with Crippen molar-refractivity contribution in [3.8, 4) is 0 Å². The van der Waals surface area contributed by atoms with Crippen LogP contribution in [0.5, 0.6) is 0 Å². The number of likely N-dealkylation sites (tertiary alicyclic amines) is 1. The minimum Gasteiger partial charge on any atom is -0.308 e. The molecule has 3 aromatic carbocycles. The Morgan fingerprint density at radius 2 is 1.59 bits per heavy atom. The van der Waals surface area contributed by atoms with Crippen LogP contribution in [0.15, 0.2) is 60.7 Å². The maximum Gasteiger partial charge on any atom is 0.326 e. The summed E-state index contributed by atoms with van der Waals surface area (Å²) in [5.74, 6) is 0. The number of halogens is 1. The molecule has 1 fully saturated rings. The number of piperidine rings is 1. The largest absolute Gasteiger partial charge is 0.326 e. The molecule has 1 N–H and O–H groups in total. The Bertz CT molecular complexity index is 1190. The summed E-state index contributed by atoms with van der Waals surface area (Å²) in [6, 6.07) is 20.5. The third kappa shape index (κ3) is 4.57. The molecule has 2 amide bonds.